The first-order chi connectivity index (χ1) is 8.59. The molecule has 0 N–H and O–H groups in total. The largest absolute Gasteiger partial charge is 0.454 e. The predicted octanol–water partition coefficient (Wildman–Crippen LogP) is 2.04. The van der Waals surface area contributed by atoms with Crippen LogP contribution in [0.4, 0.5) is 0 Å². The number of Topliss-reactive ketones (excluding diaryl/α,β-unsaturated/α-hetero) is 1. The smallest absolute Gasteiger partial charge is 0.303 e. The van der Waals surface area contributed by atoms with Gasteiger partial charge < -0.3 is 9.64 Å². The topological polar surface area (TPSA) is 46.6 Å². The average molecular weight is 251 g/mol. The molecule has 0 unspecified atom stereocenters. The van der Waals surface area contributed by atoms with Gasteiger partial charge in [0.1, 0.15) is 0 Å². The number of allylic oxidation sites excluding steroid dienone is 1. The second-order valence-electron chi connectivity index (χ2n) is 5.09. The van der Waals surface area contributed by atoms with Crippen molar-refractivity contribution >= 4 is 11.8 Å². The van der Waals surface area contributed by atoms with Crippen LogP contribution in [-0.4, -0.2) is 35.8 Å². The lowest BCUT2D eigenvalue weighted by Gasteiger charge is -2.21. The Hall–Kier alpha value is -1.32. The number of carbonyl (C=O) groups is 2. The third-order valence-corrected chi connectivity index (χ3v) is 3.69. The van der Waals surface area contributed by atoms with Gasteiger partial charge in [0.2, 0.25) is 5.78 Å². The van der Waals surface area contributed by atoms with Crippen LogP contribution in [0.2, 0.25) is 0 Å². The van der Waals surface area contributed by atoms with E-state index in [0.29, 0.717) is 0 Å². The summed E-state index contributed by atoms with van der Waals surface area (Å²) in [5.41, 5.74) is 2.10. The molecule has 1 fully saturated rings. The highest BCUT2D eigenvalue weighted by atomic mass is 16.5. The van der Waals surface area contributed by atoms with Gasteiger partial charge in [0, 0.05) is 31.3 Å². The number of carbonyl (C=O) groups excluding carboxylic acids is 2. The van der Waals surface area contributed by atoms with Crippen LogP contribution in [0.25, 0.3) is 0 Å². The van der Waals surface area contributed by atoms with Gasteiger partial charge >= 0.3 is 5.97 Å². The van der Waals surface area contributed by atoms with Crippen molar-refractivity contribution in [1.82, 2.24) is 4.90 Å². The highest BCUT2D eigenvalue weighted by Gasteiger charge is 2.29. The Morgan fingerprint density at radius 1 is 1.17 bits per heavy atom. The molecule has 1 heterocycles. The summed E-state index contributed by atoms with van der Waals surface area (Å²) in [6, 6.07) is 0. The van der Waals surface area contributed by atoms with Gasteiger partial charge in [-0.1, -0.05) is 0 Å². The maximum absolute atomic E-state index is 12.3. The first-order valence-corrected chi connectivity index (χ1v) is 6.78. The van der Waals surface area contributed by atoms with Gasteiger partial charge in [0.15, 0.2) is 6.10 Å². The first kappa shape index (κ1) is 13.1. The number of nitrogens with zero attached hydrogens (tertiary/aromatic N) is 1. The summed E-state index contributed by atoms with van der Waals surface area (Å²) in [4.78, 5) is 25.5. The number of ketones is 1. The van der Waals surface area contributed by atoms with Crippen LogP contribution in [0.5, 0.6) is 0 Å². The van der Waals surface area contributed by atoms with Gasteiger partial charge in [-0.25, -0.2) is 0 Å². The van der Waals surface area contributed by atoms with Crippen molar-refractivity contribution in [2.24, 2.45) is 0 Å². The van der Waals surface area contributed by atoms with Gasteiger partial charge in [-0.2, -0.15) is 0 Å². The van der Waals surface area contributed by atoms with Crippen molar-refractivity contribution < 1.29 is 14.3 Å². The maximum atomic E-state index is 12.3. The van der Waals surface area contributed by atoms with E-state index in [1.807, 2.05) is 0 Å². The minimum atomic E-state index is -0.645. The minimum Gasteiger partial charge on any atom is -0.454 e. The summed E-state index contributed by atoms with van der Waals surface area (Å²) in [7, 11) is 0. The van der Waals surface area contributed by atoms with Crippen LogP contribution in [0, 0.1) is 0 Å². The molecule has 4 nitrogen and oxygen atoms in total. The molecule has 0 saturated carbocycles. The number of rotatable bonds is 4. The van der Waals surface area contributed by atoms with Crippen molar-refractivity contribution in [3.63, 3.8) is 0 Å². The molecule has 0 radical (unpaired) electrons. The summed E-state index contributed by atoms with van der Waals surface area (Å²) in [5.74, 6) is -0.401. The van der Waals surface area contributed by atoms with Crippen molar-refractivity contribution in [2.45, 2.75) is 52.1 Å². The first-order valence-electron chi connectivity index (χ1n) is 6.78. The minimum absolute atomic E-state index is 0.00963. The molecule has 4 heteroatoms. The van der Waals surface area contributed by atoms with Crippen LogP contribution in [0.1, 0.15) is 46.0 Å². The molecular weight excluding hydrogens is 230 g/mol. The molecule has 0 amide bonds. The Labute approximate surface area is 108 Å². The summed E-state index contributed by atoms with van der Waals surface area (Å²) in [5, 5.41) is 0. The molecule has 0 aromatic heterocycles. The summed E-state index contributed by atoms with van der Waals surface area (Å²) in [6.07, 6.45) is 4.65. The normalized spacial score (nSPS) is 21.3. The summed E-state index contributed by atoms with van der Waals surface area (Å²) >= 11 is 0. The lowest BCUT2D eigenvalue weighted by atomic mass is 10.1. The Morgan fingerprint density at radius 2 is 1.83 bits per heavy atom. The fourth-order valence-corrected chi connectivity index (χ4v) is 2.88. The lowest BCUT2D eigenvalue weighted by molar-refractivity contribution is -0.150. The van der Waals surface area contributed by atoms with Gasteiger partial charge in [-0.15, -0.1) is 0 Å². The van der Waals surface area contributed by atoms with E-state index < -0.39 is 12.1 Å². The third-order valence-electron chi connectivity index (χ3n) is 3.69. The van der Waals surface area contributed by atoms with Gasteiger partial charge in [-0.05, 0) is 39.0 Å². The van der Waals surface area contributed by atoms with E-state index in [-0.39, 0.29) is 5.78 Å². The second kappa shape index (κ2) is 5.55. The van der Waals surface area contributed by atoms with Crippen LogP contribution in [0.3, 0.4) is 0 Å². The van der Waals surface area contributed by atoms with Crippen LogP contribution >= 0.6 is 0 Å². The Balaban J connectivity index is 2.11. The van der Waals surface area contributed by atoms with E-state index >= 15 is 0 Å². The van der Waals surface area contributed by atoms with Crippen LogP contribution < -0.4 is 0 Å². The molecule has 2 aliphatic rings. The molecular formula is C14H21NO3. The molecule has 0 spiro atoms. The molecule has 1 saturated heterocycles. The van der Waals surface area contributed by atoms with E-state index in [0.717, 1.165) is 37.9 Å². The number of hydrogen-bond acceptors (Lipinski definition) is 4. The molecule has 0 aromatic rings. The Bertz CT molecular complexity index is 381. The predicted molar refractivity (Wildman–Crippen MR) is 67.9 cm³/mol. The Kier molecular flexibility index (Phi) is 4.04. The number of ether oxygens (including phenoxy) is 1. The van der Waals surface area contributed by atoms with Gasteiger partial charge in [0.05, 0.1) is 0 Å². The SMILES string of the molecule is CC(=O)O[C@H](C)C(=O)C1=C(N2CCCC2)CCC1. The summed E-state index contributed by atoms with van der Waals surface area (Å²) in [6.45, 7) is 5.13. The highest BCUT2D eigenvalue weighted by molar-refractivity contribution is 6.00. The quantitative estimate of drug-likeness (QED) is 0.717. The lowest BCUT2D eigenvalue weighted by Crippen LogP contribution is -2.27. The van der Waals surface area contributed by atoms with Crippen molar-refractivity contribution in [2.75, 3.05) is 13.1 Å². The zero-order chi connectivity index (χ0) is 13.1. The van der Waals surface area contributed by atoms with Crippen LogP contribution in [0.15, 0.2) is 11.3 Å². The van der Waals surface area contributed by atoms with E-state index in [9.17, 15) is 9.59 Å². The zero-order valence-electron chi connectivity index (χ0n) is 11.2. The van der Waals surface area contributed by atoms with Crippen molar-refractivity contribution in [3.8, 4) is 0 Å². The molecule has 18 heavy (non-hydrogen) atoms. The van der Waals surface area contributed by atoms with Crippen LogP contribution in [-0.2, 0) is 14.3 Å². The second-order valence-corrected chi connectivity index (χ2v) is 5.09. The summed E-state index contributed by atoms with van der Waals surface area (Å²) < 4.78 is 4.99. The monoisotopic (exact) mass is 251 g/mol. The molecule has 1 aliphatic carbocycles. The third kappa shape index (κ3) is 2.74. The molecule has 0 bridgehead atoms. The number of likely N-dealkylation sites (tertiary alicyclic amines) is 1. The fraction of sp³-hybridized carbons (Fsp3) is 0.714. The zero-order valence-corrected chi connectivity index (χ0v) is 11.2. The van der Waals surface area contributed by atoms with E-state index in [4.69, 9.17) is 4.74 Å². The molecule has 1 atom stereocenters. The maximum Gasteiger partial charge on any atom is 0.303 e. The van der Waals surface area contributed by atoms with Gasteiger partial charge in [-0.3, -0.25) is 9.59 Å². The highest BCUT2D eigenvalue weighted by Crippen LogP contribution is 2.32. The molecule has 100 valence electrons. The molecule has 1 aliphatic heterocycles. The van der Waals surface area contributed by atoms with Crippen molar-refractivity contribution in [1.29, 1.82) is 0 Å². The molecule has 0 aromatic carbocycles. The number of hydrogen-bond donors (Lipinski definition) is 0. The fourth-order valence-electron chi connectivity index (χ4n) is 2.88. The van der Waals surface area contributed by atoms with Crippen molar-refractivity contribution in [3.05, 3.63) is 11.3 Å². The van der Waals surface area contributed by atoms with E-state index in [2.05, 4.69) is 4.90 Å². The Morgan fingerprint density at radius 3 is 2.44 bits per heavy atom. The van der Waals surface area contributed by atoms with E-state index in [1.54, 1.807) is 6.92 Å². The van der Waals surface area contributed by atoms with E-state index in [1.165, 1.54) is 25.5 Å². The van der Waals surface area contributed by atoms with Gasteiger partial charge in [0.25, 0.3) is 0 Å². The standard InChI is InChI=1S/C14H21NO3/c1-10(18-11(2)16)14(17)12-6-5-7-13(12)15-8-3-4-9-15/h10H,3-9H2,1-2H3/t10-/m1/s1. The number of esters is 1. The average Bonchev–Trinajstić information content (AvgIpc) is 2.97. The molecule has 2 rings (SSSR count).